The van der Waals surface area contributed by atoms with Gasteiger partial charge in [0.15, 0.2) is 0 Å². The number of halogens is 1. The van der Waals surface area contributed by atoms with Gasteiger partial charge in [-0.25, -0.2) is 0 Å². The Balaban J connectivity index is 1.47. The van der Waals surface area contributed by atoms with Gasteiger partial charge in [-0.15, -0.1) is 11.8 Å². The summed E-state index contributed by atoms with van der Waals surface area (Å²) >= 11 is 7.70. The first-order chi connectivity index (χ1) is 20.1. The number of amides is 3. The fourth-order valence-electron chi connectivity index (χ4n) is 7.29. The lowest BCUT2D eigenvalue weighted by atomic mass is 9.74. The van der Waals surface area contributed by atoms with E-state index in [1.165, 1.54) is 0 Å². The predicted octanol–water partition coefficient (Wildman–Crippen LogP) is 4.55. The van der Waals surface area contributed by atoms with Crippen molar-refractivity contribution in [3.05, 3.63) is 89.5 Å². The summed E-state index contributed by atoms with van der Waals surface area (Å²) in [6, 6.07) is 15.5. The van der Waals surface area contributed by atoms with Crippen LogP contribution in [0.4, 0.5) is 5.69 Å². The van der Waals surface area contributed by atoms with Crippen LogP contribution in [-0.4, -0.2) is 73.9 Å². The average molecular weight is 606 g/mol. The number of carbonyl (C=O) groups excluding carboxylic acids is 3. The first kappa shape index (κ1) is 29.0. The number of hydrogen-bond donors (Lipinski definition) is 1. The predicted molar refractivity (Wildman–Crippen MR) is 166 cm³/mol. The van der Waals surface area contributed by atoms with Crippen LogP contribution in [-0.2, 0) is 20.9 Å². The molecule has 0 radical (unpaired) electrons. The first-order valence-corrected chi connectivity index (χ1v) is 15.7. The van der Waals surface area contributed by atoms with Gasteiger partial charge in [-0.05, 0) is 42.7 Å². The Labute approximate surface area is 256 Å². The number of rotatable bonds is 6. The molecule has 2 aromatic carbocycles. The van der Waals surface area contributed by atoms with Gasteiger partial charge in [0.25, 0.3) is 5.91 Å². The zero-order chi connectivity index (χ0) is 29.8. The van der Waals surface area contributed by atoms with Gasteiger partial charge in [0.05, 0.1) is 29.2 Å². The minimum Gasteiger partial charge on any atom is -0.394 e. The standard InChI is InChI=1S/C33H36ClN3O4S/c1-21(2)25(20-38)37-28-31(41)36(24-13-11-23(34)12-14-24)18-8-16-33(28)27(30(37)40)26-29(39)35(17-7-15-32(26,3)42-33)19-22-9-5-4-6-10-22/h4-16,21,25-28,38H,17-20H2,1-3H3/t25-,26+,27-,28?,32-,33-/m0/s1. The van der Waals surface area contributed by atoms with Crippen molar-refractivity contribution >= 4 is 46.8 Å². The Morgan fingerprint density at radius 1 is 0.929 bits per heavy atom. The van der Waals surface area contributed by atoms with Crippen LogP contribution in [0.1, 0.15) is 26.3 Å². The lowest BCUT2D eigenvalue weighted by molar-refractivity contribution is -0.146. The number of nitrogens with zero attached hydrogens (tertiary/aromatic N) is 3. The molecule has 2 fully saturated rings. The van der Waals surface area contributed by atoms with Gasteiger partial charge in [-0.1, -0.05) is 80.1 Å². The van der Waals surface area contributed by atoms with Gasteiger partial charge in [-0.2, -0.15) is 0 Å². The number of benzene rings is 2. The highest BCUT2D eigenvalue weighted by molar-refractivity contribution is 8.02. The fourth-order valence-corrected chi connectivity index (χ4v) is 9.56. The van der Waals surface area contributed by atoms with E-state index in [2.05, 4.69) is 6.08 Å². The minimum absolute atomic E-state index is 0.0839. The molecule has 0 aliphatic carbocycles. The first-order valence-electron chi connectivity index (χ1n) is 14.5. The van der Waals surface area contributed by atoms with E-state index in [0.29, 0.717) is 30.3 Å². The second kappa shape index (κ2) is 10.9. The van der Waals surface area contributed by atoms with E-state index >= 15 is 0 Å². The highest BCUT2D eigenvalue weighted by Crippen LogP contribution is 2.66. The van der Waals surface area contributed by atoms with Crippen LogP contribution in [0.5, 0.6) is 0 Å². The van der Waals surface area contributed by atoms with E-state index < -0.39 is 33.4 Å². The summed E-state index contributed by atoms with van der Waals surface area (Å²) in [5, 5.41) is 11.1. The number of aliphatic hydroxyl groups is 1. The number of carbonyl (C=O) groups is 3. The Kier molecular flexibility index (Phi) is 7.52. The second-order valence-electron chi connectivity index (χ2n) is 12.2. The summed E-state index contributed by atoms with van der Waals surface area (Å²) in [7, 11) is 0. The van der Waals surface area contributed by atoms with Crippen LogP contribution in [0, 0.1) is 17.8 Å². The molecule has 0 saturated carbocycles. The van der Waals surface area contributed by atoms with Gasteiger partial charge < -0.3 is 19.8 Å². The minimum atomic E-state index is -0.979. The van der Waals surface area contributed by atoms with Gasteiger partial charge in [0.1, 0.15) is 6.04 Å². The molecule has 4 heterocycles. The van der Waals surface area contributed by atoms with E-state index in [9.17, 15) is 19.5 Å². The van der Waals surface area contributed by atoms with Crippen molar-refractivity contribution in [1.29, 1.82) is 0 Å². The van der Waals surface area contributed by atoms with Crippen molar-refractivity contribution in [2.75, 3.05) is 24.6 Å². The quantitative estimate of drug-likeness (QED) is 0.489. The zero-order valence-corrected chi connectivity index (χ0v) is 25.6. The largest absolute Gasteiger partial charge is 0.394 e. The van der Waals surface area contributed by atoms with Gasteiger partial charge in [0.2, 0.25) is 11.8 Å². The summed E-state index contributed by atoms with van der Waals surface area (Å²) in [6.07, 6.45) is 8.06. The van der Waals surface area contributed by atoms with Crippen LogP contribution < -0.4 is 4.90 Å². The van der Waals surface area contributed by atoms with E-state index in [1.807, 2.05) is 74.2 Å². The van der Waals surface area contributed by atoms with Crippen LogP contribution in [0.15, 0.2) is 78.9 Å². The molecule has 6 atom stereocenters. The van der Waals surface area contributed by atoms with Gasteiger partial charge >= 0.3 is 0 Å². The maximum atomic E-state index is 14.7. The van der Waals surface area contributed by atoms with Crippen molar-refractivity contribution < 1.29 is 19.5 Å². The molecular weight excluding hydrogens is 570 g/mol. The topological polar surface area (TPSA) is 81.2 Å². The lowest BCUT2D eigenvalue weighted by Crippen LogP contribution is -2.58. The molecule has 6 rings (SSSR count). The molecule has 2 saturated heterocycles. The Hall–Kier alpha value is -3.07. The second-order valence-corrected chi connectivity index (χ2v) is 14.4. The number of aliphatic hydroxyl groups excluding tert-OH is 1. The lowest BCUT2D eigenvalue weighted by Gasteiger charge is -2.41. The SMILES string of the molecule is CC(C)[C@H](CO)N1C(=O)[C@@H]2[C@@H]3C(=O)N(Cc4ccccc4)CC=C[C@]3(C)S[C@@]23C=CCN(c2ccc(Cl)cc2)C(=O)C13. The van der Waals surface area contributed by atoms with Crippen molar-refractivity contribution in [2.45, 2.75) is 48.9 Å². The monoisotopic (exact) mass is 605 g/mol. The van der Waals surface area contributed by atoms with Crippen LogP contribution in [0.2, 0.25) is 5.02 Å². The third-order valence-electron chi connectivity index (χ3n) is 9.25. The maximum Gasteiger partial charge on any atom is 0.251 e. The number of fused-ring (bicyclic) bond motifs is 2. The molecule has 2 aromatic rings. The Bertz CT molecular complexity index is 1450. The molecule has 1 unspecified atom stereocenters. The smallest absolute Gasteiger partial charge is 0.251 e. The number of anilines is 1. The van der Waals surface area contributed by atoms with E-state index in [0.717, 1.165) is 5.56 Å². The zero-order valence-electron chi connectivity index (χ0n) is 24.0. The Morgan fingerprint density at radius 2 is 1.62 bits per heavy atom. The molecule has 0 bridgehead atoms. The third kappa shape index (κ3) is 4.50. The van der Waals surface area contributed by atoms with Crippen LogP contribution >= 0.6 is 23.4 Å². The van der Waals surface area contributed by atoms with Crippen molar-refractivity contribution in [3.8, 4) is 0 Å². The molecule has 220 valence electrons. The van der Waals surface area contributed by atoms with E-state index in [-0.39, 0.29) is 30.2 Å². The summed E-state index contributed by atoms with van der Waals surface area (Å²) in [5.41, 5.74) is 1.70. The van der Waals surface area contributed by atoms with E-state index in [1.54, 1.807) is 45.8 Å². The molecule has 1 spiro atoms. The molecular formula is C33H36ClN3O4S. The average Bonchev–Trinajstić information content (AvgIpc) is 3.23. The molecule has 1 N–H and O–H groups in total. The van der Waals surface area contributed by atoms with Crippen LogP contribution in [0.25, 0.3) is 0 Å². The maximum absolute atomic E-state index is 14.7. The summed E-state index contributed by atoms with van der Waals surface area (Å²) in [5.74, 6) is -2.08. The molecule has 7 nitrogen and oxygen atoms in total. The highest BCUT2D eigenvalue weighted by atomic mass is 35.5. The Morgan fingerprint density at radius 3 is 2.29 bits per heavy atom. The molecule has 9 heteroatoms. The van der Waals surface area contributed by atoms with Crippen LogP contribution in [0.3, 0.4) is 0 Å². The number of hydrogen-bond acceptors (Lipinski definition) is 5. The van der Waals surface area contributed by atoms with E-state index in [4.69, 9.17) is 11.6 Å². The highest BCUT2D eigenvalue weighted by Gasteiger charge is 2.74. The van der Waals surface area contributed by atoms with Crippen molar-refractivity contribution in [1.82, 2.24) is 9.80 Å². The normalized spacial score (nSPS) is 31.2. The summed E-state index contributed by atoms with van der Waals surface area (Å²) < 4.78 is -1.67. The fraction of sp³-hybridized carbons (Fsp3) is 0.424. The number of likely N-dealkylation sites (tertiary alicyclic amines) is 1. The third-order valence-corrected chi connectivity index (χ3v) is 11.3. The van der Waals surface area contributed by atoms with Crippen molar-refractivity contribution in [3.63, 3.8) is 0 Å². The molecule has 3 amide bonds. The van der Waals surface area contributed by atoms with Gasteiger partial charge in [-0.3, -0.25) is 14.4 Å². The molecule has 42 heavy (non-hydrogen) atoms. The molecule has 4 aliphatic rings. The van der Waals surface area contributed by atoms with Crippen molar-refractivity contribution in [2.24, 2.45) is 17.8 Å². The summed E-state index contributed by atoms with van der Waals surface area (Å²) in [6.45, 7) is 6.85. The molecule has 0 aromatic heterocycles. The van der Waals surface area contributed by atoms with Gasteiger partial charge in [0, 0.05) is 35.1 Å². The summed E-state index contributed by atoms with van der Waals surface area (Å²) in [4.78, 5) is 49.0. The number of thioether (sulfide) groups is 1. The molecule has 4 aliphatic heterocycles.